The third-order valence-corrected chi connectivity index (χ3v) is 3.37. The molecule has 0 saturated carbocycles. The zero-order valence-corrected chi connectivity index (χ0v) is 12.4. The van der Waals surface area contributed by atoms with Crippen molar-refractivity contribution in [3.63, 3.8) is 0 Å². The molecule has 0 radical (unpaired) electrons. The molecule has 6 heteroatoms. The minimum absolute atomic E-state index is 0.0370. The number of halogens is 2. The first-order valence-electron chi connectivity index (χ1n) is 5.55. The quantitative estimate of drug-likeness (QED) is 0.862. The standard InChI is InChI=1S/C13H10BrClN4/c1-8(10-4-2-9(6-16)3-5-10)18-12-11(14)7-17-13(15)19-12/h2-5,7-8H,1H3,(H,17,18,19). The van der Waals surface area contributed by atoms with Gasteiger partial charge in [-0.2, -0.15) is 10.2 Å². The monoisotopic (exact) mass is 336 g/mol. The molecule has 4 nitrogen and oxygen atoms in total. The van der Waals surface area contributed by atoms with E-state index in [1.807, 2.05) is 19.1 Å². The van der Waals surface area contributed by atoms with Gasteiger partial charge in [0, 0.05) is 12.2 Å². The number of nitrogens with zero attached hydrogens (tertiary/aromatic N) is 3. The summed E-state index contributed by atoms with van der Waals surface area (Å²) < 4.78 is 0.748. The first kappa shape index (κ1) is 13.8. The van der Waals surface area contributed by atoms with E-state index in [1.165, 1.54) is 0 Å². The fourth-order valence-electron chi connectivity index (χ4n) is 1.58. The average molecular weight is 338 g/mol. The number of anilines is 1. The fourth-order valence-corrected chi connectivity index (χ4v) is 2.02. The lowest BCUT2D eigenvalue weighted by Crippen LogP contribution is -2.09. The molecule has 19 heavy (non-hydrogen) atoms. The summed E-state index contributed by atoms with van der Waals surface area (Å²) in [7, 11) is 0. The second-order valence-corrected chi connectivity index (χ2v) is 5.13. The Balaban J connectivity index is 2.18. The van der Waals surface area contributed by atoms with Gasteiger partial charge in [0.2, 0.25) is 5.28 Å². The molecule has 0 fully saturated rings. The molecule has 0 bridgehead atoms. The van der Waals surface area contributed by atoms with Crippen LogP contribution in [0, 0.1) is 11.3 Å². The van der Waals surface area contributed by atoms with Crippen LogP contribution in [0.1, 0.15) is 24.1 Å². The number of rotatable bonds is 3. The van der Waals surface area contributed by atoms with Gasteiger partial charge < -0.3 is 5.32 Å². The molecule has 1 atom stereocenters. The normalized spacial score (nSPS) is 11.7. The van der Waals surface area contributed by atoms with Crippen molar-refractivity contribution in [2.24, 2.45) is 0 Å². The third-order valence-electron chi connectivity index (χ3n) is 2.61. The molecule has 0 aliphatic rings. The van der Waals surface area contributed by atoms with Crippen LogP contribution in [0.25, 0.3) is 0 Å². The second kappa shape index (κ2) is 6.00. The zero-order chi connectivity index (χ0) is 13.8. The van der Waals surface area contributed by atoms with E-state index in [-0.39, 0.29) is 11.3 Å². The van der Waals surface area contributed by atoms with E-state index in [4.69, 9.17) is 16.9 Å². The predicted molar refractivity (Wildman–Crippen MR) is 77.9 cm³/mol. The summed E-state index contributed by atoms with van der Waals surface area (Å²) in [6, 6.07) is 9.52. The maximum atomic E-state index is 8.77. The molecule has 0 aliphatic heterocycles. The first-order chi connectivity index (χ1) is 9.10. The van der Waals surface area contributed by atoms with Crippen LogP contribution in [0.4, 0.5) is 5.82 Å². The number of benzene rings is 1. The van der Waals surface area contributed by atoms with E-state index < -0.39 is 0 Å². The molecular weight excluding hydrogens is 328 g/mol. The van der Waals surface area contributed by atoms with Gasteiger partial charge in [0.25, 0.3) is 0 Å². The minimum atomic E-state index is 0.0370. The lowest BCUT2D eigenvalue weighted by atomic mass is 10.1. The van der Waals surface area contributed by atoms with E-state index in [9.17, 15) is 0 Å². The Morgan fingerprint density at radius 3 is 2.68 bits per heavy atom. The van der Waals surface area contributed by atoms with Crippen LogP contribution in [0.2, 0.25) is 5.28 Å². The molecule has 0 amide bonds. The Bertz CT molecular complexity index is 622. The first-order valence-corrected chi connectivity index (χ1v) is 6.72. The number of hydrogen-bond acceptors (Lipinski definition) is 4. The summed E-state index contributed by atoms with van der Waals surface area (Å²) in [6.45, 7) is 2.00. The SMILES string of the molecule is CC(Nc1nc(Cl)ncc1Br)c1ccc(C#N)cc1. The van der Waals surface area contributed by atoms with Gasteiger partial charge in [-0.15, -0.1) is 0 Å². The van der Waals surface area contributed by atoms with Gasteiger partial charge in [-0.3, -0.25) is 0 Å². The highest BCUT2D eigenvalue weighted by molar-refractivity contribution is 9.10. The number of nitrogens with one attached hydrogen (secondary N) is 1. The van der Waals surface area contributed by atoms with Crippen molar-refractivity contribution < 1.29 is 0 Å². The Morgan fingerprint density at radius 2 is 2.05 bits per heavy atom. The summed E-state index contributed by atoms with van der Waals surface area (Å²) in [4.78, 5) is 7.99. The van der Waals surface area contributed by atoms with Crippen molar-refractivity contribution in [1.29, 1.82) is 5.26 Å². The Morgan fingerprint density at radius 1 is 1.37 bits per heavy atom. The van der Waals surface area contributed by atoms with Gasteiger partial charge in [-0.05, 0) is 52.2 Å². The summed E-state index contributed by atoms with van der Waals surface area (Å²) in [5.41, 5.74) is 1.70. The highest BCUT2D eigenvalue weighted by Crippen LogP contribution is 2.25. The van der Waals surface area contributed by atoms with Crippen molar-refractivity contribution in [2.45, 2.75) is 13.0 Å². The van der Waals surface area contributed by atoms with Crippen molar-refractivity contribution in [2.75, 3.05) is 5.32 Å². The van der Waals surface area contributed by atoms with Crippen LogP contribution >= 0.6 is 27.5 Å². The van der Waals surface area contributed by atoms with E-state index >= 15 is 0 Å². The maximum absolute atomic E-state index is 8.77. The third kappa shape index (κ3) is 3.43. The Kier molecular flexibility index (Phi) is 4.35. The van der Waals surface area contributed by atoms with E-state index in [0.29, 0.717) is 11.4 Å². The molecule has 1 unspecified atom stereocenters. The van der Waals surface area contributed by atoms with Gasteiger partial charge in [0.1, 0.15) is 5.82 Å². The molecule has 0 aliphatic carbocycles. The maximum Gasteiger partial charge on any atom is 0.224 e. The summed E-state index contributed by atoms with van der Waals surface area (Å²) >= 11 is 9.13. The molecular formula is C13H10BrClN4. The molecule has 1 heterocycles. The molecule has 2 rings (SSSR count). The molecule has 96 valence electrons. The van der Waals surface area contributed by atoms with Gasteiger partial charge in [-0.1, -0.05) is 12.1 Å². The predicted octanol–water partition coefficient (Wildman–Crippen LogP) is 3.94. The van der Waals surface area contributed by atoms with E-state index in [2.05, 4.69) is 37.3 Å². The zero-order valence-electron chi connectivity index (χ0n) is 10.1. The molecule has 0 spiro atoms. The number of nitriles is 1. The van der Waals surface area contributed by atoms with E-state index in [0.717, 1.165) is 10.0 Å². The van der Waals surface area contributed by atoms with Crippen LogP contribution in [0.15, 0.2) is 34.9 Å². The lowest BCUT2D eigenvalue weighted by molar-refractivity contribution is 0.869. The van der Waals surface area contributed by atoms with Gasteiger partial charge in [0.05, 0.1) is 16.1 Å². The topological polar surface area (TPSA) is 61.6 Å². The van der Waals surface area contributed by atoms with Crippen molar-refractivity contribution in [3.05, 3.63) is 51.3 Å². The molecule has 0 saturated heterocycles. The van der Waals surface area contributed by atoms with Crippen LogP contribution in [-0.4, -0.2) is 9.97 Å². The van der Waals surface area contributed by atoms with Gasteiger partial charge in [-0.25, -0.2) is 4.98 Å². The highest BCUT2D eigenvalue weighted by atomic mass is 79.9. The molecule has 1 N–H and O–H groups in total. The summed E-state index contributed by atoms with van der Waals surface area (Å²) in [5, 5.41) is 12.2. The largest absolute Gasteiger partial charge is 0.362 e. The Hall–Kier alpha value is -1.64. The van der Waals surface area contributed by atoms with Crippen LogP contribution < -0.4 is 5.32 Å². The number of hydrogen-bond donors (Lipinski definition) is 1. The molecule has 2 aromatic rings. The van der Waals surface area contributed by atoms with Gasteiger partial charge >= 0.3 is 0 Å². The lowest BCUT2D eigenvalue weighted by Gasteiger charge is -2.15. The van der Waals surface area contributed by atoms with E-state index in [1.54, 1.807) is 18.3 Å². The smallest absolute Gasteiger partial charge is 0.224 e. The second-order valence-electron chi connectivity index (χ2n) is 3.94. The summed E-state index contributed by atoms with van der Waals surface area (Å²) in [5.74, 6) is 0.636. The molecule has 1 aromatic heterocycles. The summed E-state index contributed by atoms with van der Waals surface area (Å²) in [6.07, 6.45) is 1.60. The highest BCUT2D eigenvalue weighted by Gasteiger charge is 2.09. The number of aromatic nitrogens is 2. The molecule has 1 aromatic carbocycles. The van der Waals surface area contributed by atoms with Crippen molar-refractivity contribution in [1.82, 2.24) is 9.97 Å². The average Bonchev–Trinajstić information content (AvgIpc) is 2.43. The van der Waals surface area contributed by atoms with Crippen LogP contribution in [0.5, 0.6) is 0 Å². The minimum Gasteiger partial charge on any atom is -0.362 e. The fraction of sp³-hybridized carbons (Fsp3) is 0.154. The van der Waals surface area contributed by atoms with Crippen LogP contribution in [0.3, 0.4) is 0 Å². The van der Waals surface area contributed by atoms with Crippen molar-refractivity contribution >= 4 is 33.3 Å². The van der Waals surface area contributed by atoms with Crippen molar-refractivity contribution in [3.8, 4) is 6.07 Å². The Labute approximate surface area is 124 Å². The van der Waals surface area contributed by atoms with Gasteiger partial charge in [0.15, 0.2) is 0 Å². The van der Waals surface area contributed by atoms with Crippen LogP contribution in [-0.2, 0) is 0 Å².